The summed E-state index contributed by atoms with van der Waals surface area (Å²) >= 11 is 0. The van der Waals surface area contributed by atoms with Crippen molar-refractivity contribution in [2.75, 3.05) is 0 Å². The van der Waals surface area contributed by atoms with Crippen molar-refractivity contribution in [3.8, 4) is 0 Å². The molecule has 0 spiro atoms. The monoisotopic (exact) mass is 294 g/mol. The van der Waals surface area contributed by atoms with Crippen molar-refractivity contribution in [2.24, 2.45) is 11.7 Å². The minimum atomic E-state index is -0.876. The molecule has 0 bridgehead atoms. The Kier molecular flexibility index (Phi) is 3.48. The zero-order chi connectivity index (χ0) is 15.2. The van der Waals surface area contributed by atoms with E-state index in [2.05, 4.69) is 0 Å². The quantitative estimate of drug-likeness (QED) is 0.907. The molecule has 1 unspecified atom stereocenters. The molecule has 2 saturated carbocycles. The van der Waals surface area contributed by atoms with Gasteiger partial charge in [-0.2, -0.15) is 0 Å². The first-order chi connectivity index (χ1) is 9.89. The van der Waals surface area contributed by atoms with Crippen LogP contribution < -0.4 is 5.73 Å². The molecule has 0 aliphatic heterocycles. The Morgan fingerprint density at radius 2 is 2.00 bits per heavy atom. The molecule has 2 aliphatic rings. The van der Waals surface area contributed by atoms with Gasteiger partial charge in [0.2, 0.25) is 5.91 Å². The third-order valence-corrected chi connectivity index (χ3v) is 4.49. The van der Waals surface area contributed by atoms with Gasteiger partial charge < -0.3 is 10.6 Å². The second-order valence-electron chi connectivity index (χ2n) is 6.46. The van der Waals surface area contributed by atoms with Gasteiger partial charge in [0.25, 0.3) is 0 Å². The summed E-state index contributed by atoms with van der Waals surface area (Å²) in [6.45, 7) is 1.93. The largest absolute Gasteiger partial charge is 0.334 e. The molecule has 1 amide bonds. The highest BCUT2D eigenvalue weighted by Crippen LogP contribution is 2.41. The summed E-state index contributed by atoms with van der Waals surface area (Å²) in [4.78, 5) is 14.4. The van der Waals surface area contributed by atoms with E-state index in [0.717, 1.165) is 31.7 Å². The smallest absolute Gasteiger partial charge is 0.243 e. The molecule has 3 rings (SSSR count). The number of amides is 1. The Hall–Kier alpha value is -1.49. The van der Waals surface area contributed by atoms with Gasteiger partial charge in [-0.25, -0.2) is 8.78 Å². The first-order valence-electron chi connectivity index (χ1n) is 7.43. The fraction of sp³-hybridized carbons (Fsp3) is 0.562. The Balaban J connectivity index is 1.80. The molecule has 2 aliphatic carbocycles. The average Bonchev–Trinajstić information content (AvgIpc) is 3.29. The number of carbonyl (C=O) groups is 1. The van der Waals surface area contributed by atoms with Gasteiger partial charge in [0.05, 0.1) is 5.54 Å². The van der Waals surface area contributed by atoms with Gasteiger partial charge in [-0.3, -0.25) is 4.79 Å². The van der Waals surface area contributed by atoms with Crippen molar-refractivity contribution in [3.05, 3.63) is 35.4 Å². The number of benzene rings is 1. The minimum absolute atomic E-state index is 0.115. The number of nitrogens with zero attached hydrogens (tertiary/aromatic N) is 1. The van der Waals surface area contributed by atoms with Crippen LogP contribution in [0.25, 0.3) is 0 Å². The van der Waals surface area contributed by atoms with Crippen LogP contribution in [0.15, 0.2) is 18.2 Å². The van der Waals surface area contributed by atoms with Gasteiger partial charge in [-0.1, -0.05) is 6.07 Å². The van der Waals surface area contributed by atoms with Crippen LogP contribution in [0.4, 0.5) is 8.78 Å². The van der Waals surface area contributed by atoms with Crippen molar-refractivity contribution < 1.29 is 13.6 Å². The van der Waals surface area contributed by atoms with E-state index in [4.69, 9.17) is 5.73 Å². The van der Waals surface area contributed by atoms with E-state index in [1.165, 1.54) is 12.1 Å². The summed E-state index contributed by atoms with van der Waals surface area (Å²) in [5.41, 5.74) is 5.66. The Morgan fingerprint density at radius 1 is 1.33 bits per heavy atom. The molecule has 21 heavy (non-hydrogen) atoms. The van der Waals surface area contributed by atoms with Crippen molar-refractivity contribution in [1.82, 2.24) is 4.90 Å². The average molecular weight is 294 g/mol. The maximum absolute atomic E-state index is 13.8. The molecule has 2 fully saturated rings. The van der Waals surface area contributed by atoms with Crippen molar-refractivity contribution in [1.29, 1.82) is 0 Å². The van der Waals surface area contributed by atoms with Gasteiger partial charge in [-0.15, -0.1) is 0 Å². The second kappa shape index (κ2) is 5.05. The Morgan fingerprint density at radius 3 is 2.52 bits per heavy atom. The summed E-state index contributed by atoms with van der Waals surface area (Å²) in [6, 6.07) is 3.62. The minimum Gasteiger partial charge on any atom is -0.334 e. The van der Waals surface area contributed by atoms with Crippen LogP contribution in [0.3, 0.4) is 0 Å². The molecule has 0 aromatic heterocycles. The highest BCUT2D eigenvalue weighted by atomic mass is 19.1. The van der Waals surface area contributed by atoms with E-state index >= 15 is 0 Å². The topological polar surface area (TPSA) is 46.3 Å². The zero-order valence-corrected chi connectivity index (χ0v) is 12.1. The second-order valence-corrected chi connectivity index (χ2v) is 6.46. The SMILES string of the molecule is CC(N)(C(=O)N(Cc1ccc(F)cc1F)C1CC1)C1CC1. The van der Waals surface area contributed by atoms with Crippen LogP contribution in [-0.4, -0.2) is 22.4 Å². The van der Waals surface area contributed by atoms with E-state index in [-0.39, 0.29) is 24.4 Å². The van der Waals surface area contributed by atoms with Gasteiger partial charge in [0, 0.05) is 24.2 Å². The molecule has 1 aromatic rings. The lowest BCUT2D eigenvalue weighted by atomic mass is 9.95. The fourth-order valence-electron chi connectivity index (χ4n) is 2.75. The van der Waals surface area contributed by atoms with E-state index in [1.54, 1.807) is 11.8 Å². The lowest BCUT2D eigenvalue weighted by Crippen LogP contribution is -2.55. The normalized spacial score (nSPS) is 21.0. The van der Waals surface area contributed by atoms with Gasteiger partial charge >= 0.3 is 0 Å². The zero-order valence-electron chi connectivity index (χ0n) is 12.1. The standard InChI is InChI=1S/C16H20F2N2O/c1-16(19,11-3-4-11)15(21)20(13-6-7-13)9-10-2-5-12(17)8-14(10)18/h2,5,8,11,13H,3-4,6-7,9,19H2,1H3. The molecule has 0 heterocycles. The molecular formula is C16H20F2N2O. The molecule has 1 atom stereocenters. The van der Waals surface area contributed by atoms with Crippen molar-refractivity contribution in [2.45, 2.75) is 50.7 Å². The number of nitrogens with two attached hydrogens (primary N) is 1. The number of halogens is 2. The fourth-order valence-corrected chi connectivity index (χ4v) is 2.75. The highest BCUT2D eigenvalue weighted by molar-refractivity contribution is 5.87. The number of rotatable bonds is 5. The number of carbonyl (C=O) groups excluding carboxylic acids is 1. The van der Waals surface area contributed by atoms with E-state index in [0.29, 0.717) is 5.56 Å². The molecule has 3 nitrogen and oxygen atoms in total. The Bertz CT molecular complexity index is 565. The predicted molar refractivity (Wildman–Crippen MR) is 75.2 cm³/mol. The molecule has 0 radical (unpaired) electrons. The number of hydrogen-bond acceptors (Lipinski definition) is 2. The highest BCUT2D eigenvalue weighted by Gasteiger charge is 2.48. The molecule has 0 saturated heterocycles. The van der Waals surface area contributed by atoms with Gasteiger partial charge in [0.15, 0.2) is 0 Å². The molecule has 1 aromatic carbocycles. The van der Waals surface area contributed by atoms with Crippen molar-refractivity contribution in [3.63, 3.8) is 0 Å². The molecule has 5 heteroatoms. The van der Waals surface area contributed by atoms with Crippen LogP contribution >= 0.6 is 0 Å². The maximum atomic E-state index is 13.8. The van der Waals surface area contributed by atoms with E-state index in [9.17, 15) is 13.6 Å². The van der Waals surface area contributed by atoms with Crippen LogP contribution in [0.2, 0.25) is 0 Å². The first kappa shape index (κ1) is 14.4. The molecular weight excluding hydrogens is 274 g/mol. The van der Waals surface area contributed by atoms with Crippen LogP contribution in [-0.2, 0) is 11.3 Å². The van der Waals surface area contributed by atoms with Gasteiger partial charge in [0.1, 0.15) is 11.6 Å². The van der Waals surface area contributed by atoms with Crippen LogP contribution in [0.1, 0.15) is 38.2 Å². The molecule has 114 valence electrons. The lowest BCUT2D eigenvalue weighted by Gasteiger charge is -2.32. The summed E-state index contributed by atoms with van der Waals surface area (Å²) in [5.74, 6) is -1.11. The van der Waals surface area contributed by atoms with E-state index < -0.39 is 17.2 Å². The number of hydrogen-bond donors (Lipinski definition) is 1. The van der Waals surface area contributed by atoms with E-state index in [1.807, 2.05) is 0 Å². The third kappa shape index (κ3) is 2.93. The van der Waals surface area contributed by atoms with Crippen LogP contribution in [0, 0.1) is 17.6 Å². The summed E-state index contributed by atoms with van der Waals surface area (Å²) in [5, 5.41) is 0. The lowest BCUT2D eigenvalue weighted by molar-refractivity contribution is -0.138. The van der Waals surface area contributed by atoms with Gasteiger partial charge in [-0.05, 0) is 44.6 Å². The third-order valence-electron chi connectivity index (χ3n) is 4.49. The summed E-state index contributed by atoms with van der Waals surface area (Å²) in [7, 11) is 0. The Labute approximate surface area is 123 Å². The summed E-state index contributed by atoms with van der Waals surface area (Å²) < 4.78 is 26.8. The van der Waals surface area contributed by atoms with Crippen molar-refractivity contribution >= 4 is 5.91 Å². The first-order valence-corrected chi connectivity index (χ1v) is 7.43. The summed E-state index contributed by atoms with van der Waals surface area (Å²) in [6.07, 6.45) is 3.80. The predicted octanol–water partition coefficient (Wildman–Crippen LogP) is 2.58. The van der Waals surface area contributed by atoms with Crippen LogP contribution in [0.5, 0.6) is 0 Å². The maximum Gasteiger partial charge on any atom is 0.243 e. The molecule has 2 N–H and O–H groups in total.